The Bertz CT molecular complexity index is 454. The number of hydrogen-bond acceptors (Lipinski definition) is 4. The van der Waals surface area contributed by atoms with Crippen LogP contribution >= 0.6 is 0 Å². The van der Waals surface area contributed by atoms with E-state index in [1.54, 1.807) is 32.2 Å². The quantitative estimate of drug-likeness (QED) is 0.777. The van der Waals surface area contributed by atoms with Crippen LogP contribution in [0.5, 0.6) is 0 Å². The van der Waals surface area contributed by atoms with Crippen LogP contribution in [0.3, 0.4) is 0 Å². The first-order valence-electron chi connectivity index (χ1n) is 4.46. The molecule has 84 valence electrons. The number of anilines is 1. The lowest BCUT2D eigenvalue weighted by Gasteiger charge is -2.21. The van der Waals surface area contributed by atoms with Crippen molar-refractivity contribution in [2.24, 2.45) is 5.14 Å². The molecule has 1 aromatic heterocycles. The first-order chi connectivity index (χ1) is 6.74. The van der Waals surface area contributed by atoms with Crippen molar-refractivity contribution in [2.45, 2.75) is 25.0 Å². The molecule has 15 heavy (non-hydrogen) atoms. The summed E-state index contributed by atoms with van der Waals surface area (Å²) in [6.07, 6.45) is 1.78. The molecule has 4 N–H and O–H groups in total. The maximum atomic E-state index is 11.3. The second-order valence-corrected chi connectivity index (χ2v) is 6.22. The zero-order valence-electron chi connectivity index (χ0n) is 8.77. The second kappa shape index (κ2) is 3.79. The first-order valence-corrected chi connectivity index (χ1v) is 6.00. The van der Waals surface area contributed by atoms with E-state index in [-0.39, 0.29) is 6.42 Å². The highest BCUT2D eigenvalue weighted by molar-refractivity contribution is 7.90. The van der Waals surface area contributed by atoms with Gasteiger partial charge in [-0.15, -0.1) is 0 Å². The SMILES string of the molecule is CC(C)(Cc1ncccc1N)S(N)(=O)=O. The lowest BCUT2D eigenvalue weighted by molar-refractivity contribution is 0.543. The van der Waals surface area contributed by atoms with Gasteiger partial charge in [0, 0.05) is 12.6 Å². The zero-order chi connectivity index (χ0) is 11.7. The van der Waals surface area contributed by atoms with E-state index in [1.165, 1.54) is 0 Å². The molecule has 0 saturated carbocycles. The van der Waals surface area contributed by atoms with E-state index in [2.05, 4.69) is 4.98 Å². The van der Waals surface area contributed by atoms with Gasteiger partial charge in [-0.2, -0.15) is 0 Å². The van der Waals surface area contributed by atoms with Crippen molar-refractivity contribution < 1.29 is 8.42 Å². The molecule has 1 heterocycles. The van der Waals surface area contributed by atoms with Crippen LogP contribution in [0.1, 0.15) is 19.5 Å². The molecule has 0 aliphatic heterocycles. The number of nitrogens with two attached hydrogens (primary N) is 2. The third kappa shape index (κ3) is 2.66. The molecule has 0 aliphatic carbocycles. The van der Waals surface area contributed by atoms with Crippen molar-refractivity contribution in [3.8, 4) is 0 Å². The van der Waals surface area contributed by atoms with E-state index in [9.17, 15) is 8.42 Å². The fraction of sp³-hybridized carbons (Fsp3) is 0.444. The number of aromatic nitrogens is 1. The number of primary sulfonamides is 1. The normalized spacial score (nSPS) is 12.7. The number of nitrogen functional groups attached to an aromatic ring is 1. The maximum absolute atomic E-state index is 11.3. The Morgan fingerprint density at radius 1 is 1.47 bits per heavy atom. The fourth-order valence-corrected chi connectivity index (χ4v) is 1.44. The average Bonchev–Trinajstić information content (AvgIpc) is 2.06. The first kappa shape index (κ1) is 11.9. The van der Waals surface area contributed by atoms with Gasteiger partial charge in [0.25, 0.3) is 0 Å². The minimum Gasteiger partial charge on any atom is -0.397 e. The monoisotopic (exact) mass is 229 g/mol. The summed E-state index contributed by atoms with van der Waals surface area (Å²) in [7, 11) is -3.61. The molecule has 0 amide bonds. The van der Waals surface area contributed by atoms with E-state index >= 15 is 0 Å². The largest absolute Gasteiger partial charge is 0.397 e. The lowest BCUT2D eigenvalue weighted by atomic mass is 10.1. The molecule has 0 aromatic carbocycles. The summed E-state index contributed by atoms with van der Waals surface area (Å²) in [5.74, 6) is 0. The highest BCUT2D eigenvalue weighted by atomic mass is 32.2. The van der Waals surface area contributed by atoms with Gasteiger partial charge in [0.05, 0.1) is 16.1 Å². The van der Waals surface area contributed by atoms with Gasteiger partial charge >= 0.3 is 0 Å². The van der Waals surface area contributed by atoms with Crippen LogP contribution in [0, 0.1) is 0 Å². The minimum absolute atomic E-state index is 0.207. The van der Waals surface area contributed by atoms with E-state index in [0.717, 1.165) is 0 Å². The number of nitrogens with zero attached hydrogens (tertiary/aromatic N) is 1. The van der Waals surface area contributed by atoms with Gasteiger partial charge in [0.2, 0.25) is 10.0 Å². The molecule has 5 nitrogen and oxygen atoms in total. The smallest absolute Gasteiger partial charge is 0.214 e. The maximum Gasteiger partial charge on any atom is 0.214 e. The molecule has 0 radical (unpaired) electrons. The minimum atomic E-state index is -3.61. The second-order valence-electron chi connectivity index (χ2n) is 4.02. The number of hydrogen-bond donors (Lipinski definition) is 2. The summed E-state index contributed by atoms with van der Waals surface area (Å²) in [4.78, 5) is 4.03. The van der Waals surface area contributed by atoms with E-state index in [4.69, 9.17) is 10.9 Å². The molecule has 0 aliphatic rings. The molecule has 0 fully saturated rings. The van der Waals surface area contributed by atoms with Crippen LogP contribution < -0.4 is 10.9 Å². The molecule has 0 spiro atoms. The van der Waals surface area contributed by atoms with E-state index in [0.29, 0.717) is 11.4 Å². The van der Waals surface area contributed by atoms with Gasteiger partial charge in [-0.05, 0) is 26.0 Å². The molecule has 0 unspecified atom stereocenters. The van der Waals surface area contributed by atoms with Gasteiger partial charge < -0.3 is 5.73 Å². The van der Waals surface area contributed by atoms with E-state index in [1.807, 2.05) is 0 Å². The van der Waals surface area contributed by atoms with Crippen molar-refractivity contribution in [1.29, 1.82) is 0 Å². The third-order valence-electron chi connectivity index (χ3n) is 2.29. The molecule has 0 bridgehead atoms. The highest BCUT2D eigenvalue weighted by Gasteiger charge is 2.32. The van der Waals surface area contributed by atoms with Crippen LogP contribution in [-0.2, 0) is 16.4 Å². The third-order valence-corrected chi connectivity index (χ3v) is 3.97. The van der Waals surface area contributed by atoms with Crippen LogP contribution in [0.4, 0.5) is 5.69 Å². The van der Waals surface area contributed by atoms with Gasteiger partial charge in [0.15, 0.2) is 0 Å². The van der Waals surface area contributed by atoms with E-state index < -0.39 is 14.8 Å². The predicted octanol–water partition coefficient (Wildman–Crippen LogP) is 0.273. The zero-order valence-corrected chi connectivity index (χ0v) is 9.58. The van der Waals surface area contributed by atoms with Crippen molar-refractivity contribution in [1.82, 2.24) is 4.98 Å². The topological polar surface area (TPSA) is 99.1 Å². The fourth-order valence-electron chi connectivity index (χ4n) is 1.10. The van der Waals surface area contributed by atoms with Gasteiger partial charge in [-0.1, -0.05) is 0 Å². The molecule has 1 rings (SSSR count). The molecule has 1 aromatic rings. The summed E-state index contributed by atoms with van der Waals surface area (Å²) in [6.45, 7) is 3.10. The number of sulfonamides is 1. The van der Waals surface area contributed by atoms with Crippen LogP contribution in [0.25, 0.3) is 0 Å². The Morgan fingerprint density at radius 3 is 2.53 bits per heavy atom. The number of rotatable bonds is 3. The van der Waals surface area contributed by atoms with Crippen LogP contribution in [-0.4, -0.2) is 18.1 Å². The van der Waals surface area contributed by atoms with Crippen LogP contribution in [0.2, 0.25) is 0 Å². The summed E-state index contributed by atoms with van der Waals surface area (Å²) in [6, 6.07) is 3.38. The van der Waals surface area contributed by atoms with Gasteiger partial charge in [-0.25, -0.2) is 13.6 Å². The molecule has 0 saturated heterocycles. The van der Waals surface area contributed by atoms with Gasteiger partial charge in [0.1, 0.15) is 0 Å². The van der Waals surface area contributed by atoms with Gasteiger partial charge in [-0.3, -0.25) is 4.98 Å². The Hall–Kier alpha value is -1.14. The highest BCUT2D eigenvalue weighted by Crippen LogP contribution is 2.21. The van der Waals surface area contributed by atoms with Crippen LogP contribution in [0.15, 0.2) is 18.3 Å². The molecular weight excluding hydrogens is 214 g/mol. The standard InChI is InChI=1S/C9H15N3O2S/c1-9(2,15(11,13)14)6-8-7(10)4-3-5-12-8/h3-5H,6,10H2,1-2H3,(H2,11,13,14). The molecule has 6 heteroatoms. The molecular formula is C9H15N3O2S. The lowest BCUT2D eigenvalue weighted by Crippen LogP contribution is -2.40. The van der Waals surface area contributed by atoms with Crippen molar-refractivity contribution in [3.05, 3.63) is 24.0 Å². The summed E-state index contributed by atoms with van der Waals surface area (Å²) in [5.41, 5.74) is 6.71. The summed E-state index contributed by atoms with van der Waals surface area (Å²) in [5, 5.41) is 5.11. The number of pyridine rings is 1. The Kier molecular flexibility index (Phi) is 3.01. The predicted molar refractivity (Wildman–Crippen MR) is 59.5 cm³/mol. The summed E-state index contributed by atoms with van der Waals surface area (Å²) < 4.78 is 21.5. The summed E-state index contributed by atoms with van der Waals surface area (Å²) >= 11 is 0. The Labute approximate surface area is 89.6 Å². The van der Waals surface area contributed by atoms with Crippen molar-refractivity contribution >= 4 is 15.7 Å². The van der Waals surface area contributed by atoms with Crippen molar-refractivity contribution in [3.63, 3.8) is 0 Å². The van der Waals surface area contributed by atoms with Crippen molar-refractivity contribution in [2.75, 3.05) is 5.73 Å². The molecule has 0 atom stereocenters. The Balaban J connectivity index is 3.02. The Morgan fingerprint density at radius 2 is 2.07 bits per heavy atom. The average molecular weight is 229 g/mol.